The number of carbonyl (C=O) groups excluding carboxylic acids is 2. The lowest BCUT2D eigenvalue weighted by Crippen LogP contribution is -2.29. The van der Waals surface area contributed by atoms with Crippen LogP contribution in [0.2, 0.25) is 0 Å². The van der Waals surface area contributed by atoms with Crippen molar-refractivity contribution in [2.75, 3.05) is 26.4 Å². The molecule has 0 heterocycles. The molecule has 0 aliphatic rings. The van der Waals surface area contributed by atoms with Crippen molar-refractivity contribution >= 4 is 19.8 Å². The van der Waals surface area contributed by atoms with Gasteiger partial charge in [0.15, 0.2) is 6.10 Å². The molecule has 0 aromatic rings. The zero-order valence-electron chi connectivity index (χ0n) is 32.3. The van der Waals surface area contributed by atoms with Crippen LogP contribution in [0, 0.1) is 0 Å². The summed E-state index contributed by atoms with van der Waals surface area (Å²) in [6.45, 7) is 2.34. The summed E-state index contributed by atoms with van der Waals surface area (Å²) in [6.07, 6.45) is 34.3. The molecule has 1 unspecified atom stereocenters. The number of rotatable bonds is 38. The minimum Gasteiger partial charge on any atom is -0.462 e. The highest BCUT2D eigenvalue weighted by Gasteiger charge is 2.27. The van der Waals surface area contributed by atoms with Gasteiger partial charge in [-0.15, -0.1) is 0 Å². The first-order valence-electron chi connectivity index (χ1n) is 20.3. The summed E-state index contributed by atoms with van der Waals surface area (Å²) in [6, 6.07) is 0. The van der Waals surface area contributed by atoms with Gasteiger partial charge in [-0.25, -0.2) is 4.57 Å². The quantitative estimate of drug-likeness (QED) is 0.0241. The van der Waals surface area contributed by atoms with E-state index < -0.39 is 51.8 Å². The van der Waals surface area contributed by atoms with Crippen LogP contribution in [0.1, 0.15) is 181 Å². The fourth-order valence-corrected chi connectivity index (χ4v) is 6.22. The molecule has 0 saturated heterocycles. The minimum atomic E-state index is -4.61. The molecule has 0 aromatic carbocycles. The largest absolute Gasteiger partial charge is 0.472 e. The Morgan fingerprint density at radius 2 is 1.02 bits per heavy atom. The van der Waals surface area contributed by atoms with Crippen LogP contribution in [-0.4, -0.2) is 65.7 Å². The summed E-state index contributed by atoms with van der Waals surface area (Å²) < 4.78 is 32.6. The number of phosphoric ester groups is 1. The maximum atomic E-state index is 12.6. The van der Waals surface area contributed by atoms with Crippen LogP contribution < -0.4 is 0 Å². The Hall–Kier alpha value is -1.55. The zero-order chi connectivity index (χ0) is 37.7. The molecule has 0 aliphatic carbocycles. The lowest BCUT2D eigenvalue weighted by Gasteiger charge is -2.20. The molecule has 10 nitrogen and oxygen atoms in total. The molecule has 0 fully saturated rings. The highest BCUT2D eigenvalue weighted by atomic mass is 31.2. The first-order valence-corrected chi connectivity index (χ1v) is 21.8. The van der Waals surface area contributed by atoms with Crippen LogP contribution in [0.4, 0.5) is 0 Å². The second-order valence-electron chi connectivity index (χ2n) is 13.7. The second kappa shape index (κ2) is 36.8. The van der Waals surface area contributed by atoms with Gasteiger partial charge in [-0.1, -0.05) is 147 Å². The standard InChI is InChI=1S/C40H75O10P/c1-3-5-7-9-11-13-15-16-17-18-19-20-22-24-26-28-30-32-40(44)50-38(36-49-51(45,46)48-34-37(42)33-41)35-47-39(43)31-29-27-25-23-21-14-12-10-8-6-4-2/h11,13,16-17,37-38,41-42H,3-10,12,14-15,18-36H2,1-2H3,(H,45,46)/b13-11+,17-16+/t37-,38+/m0/s1. The van der Waals surface area contributed by atoms with Gasteiger partial charge in [-0.3, -0.25) is 18.6 Å². The van der Waals surface area contributed by atoms with E-state index in [9.17, 15) is 24.2 Å². The van der Waals surface area contributed by atoms with Gasteiger partial charge in [0, 0.05) is 12.8 Å². The van der Waals surface area contributed by atoms with E-state index in [1.54, 1.807) is 0 Å². The van der Waals surface area contributed by atoms with Crippen molar-refractivity contribution < 1.29 is 47.8 Å². The van der Waals surface area contributed by atoms with Gasteiger partial charge in [-0.2, -0.15) is 0 Å². The fourth-order valence-electron chi connectivity index (χ4n) is 5.43. The van der Waals surface area contributed by atoms with Gasteiger partial charge in [0.25, 0.3) is 0 Å². The molecule has 51 heavy (non-hydrogen) atoms. The predicted molar refractivity (Wildman–Crippen MR) is 205 cm³/mol. The third-order valence-electron chi connectivity index (χ3n) is 8.61. The SMILES string of the molecule is CCCCC/C=C/C/C=C/CCCCCCCCCC(=O)O[C@H](COC(=O)CCCCCCCCCCCCC)COP(=O)(O)OC[C@@H](O)CO. The molecule has 11 heteroatoms. The predicted octanol–water partition coefficient (Wildman–Crippen LogP) is 10.2. The highest BCUT2D eigenvalue weighted by molar-refractivity contribution is 7.47. The van der Waals surface area contributed by atoms with Gasteiger partial charge in [0.2, 0.25) is 0 Å². The van der Waals surface area contributed by atoms with E-state index in [-0.39, 0.29) is 19.4 Å². The normalized spacial score (nSPS) is 14.2. The summed E-state index contributed by atoms with van der Waals surface area (Å²) in [5.74, 6) is -0.931. The Kier molecular flexibility index (Phi) is 35.7. The molecular formula is C40H75O10P. The van der Waals surface area contributed by atoms with Gasteiger partial charge in [0.05, 0.1) is 19.8 Å². The summed E-state index contributed by atoms with van der Waals surface area (Å²) in [5.41, 5.74) is 0. The molecule has 300 valence electrons. The van der Waals surface area contributed by atoms with E-state index in [1.807, 2.05) is 0 Å². The summed E-state index contributed by atoms with van der Waals surface area (Å²) in [7, 11) is -4.61. The lowest BCUT2D eigenvalue weighted by atomic mass is 10.1. The minimum absolute atomic E-state index is 0.178. The average Bonchev–Trinajstić information content (AvgIpc) is 3.12. The van der Waals surface area contributed by atoms with E-state index in [0.29, 0.717) is 12.8 Å². The van der Waals surface area contributed by atoms with Crippen molar-refractivity contribution in [1.29, 1.82) is 0 Å². The zero-order valence-corrected chi connectivity index (χ0v) is 33.2. The number of hydrogen-bond acceptors (Lipinski definition) is 9. The molecule has 0 saturated carbocycles. The summed E-state index contributed by atoms with van der Waals surface area (Å²) >= 11 is 0. The Morgan fingerprint density at radius 3 is 1.55 bits per heavy atom. The Labute approximate surface area is 310 Å². The van der Waals surface area contributed by atoms with Crippen molar-refractivity contribution in [3.8, 4) is 0 Å². The van der Waals surface area contributed by atoms with Crippen LogP contribution in [0.15, 0.2) is 24.3 Å². The molecule has 3 atom stereocenters. The third kappa shape index (κ3) is 36.6. The Bertz CT molecular complexity index is 910. The fraction of sp³-hybridized carbons (Fsp3) is 0.850. The van der Waals surface area contributed by atoms with Crippen molar-refractivity contribution in [3.05, 3.63) is 24.3 Å². The topological polar surface area (TPSA) is 149 Å². The maximum absolute atomic E-state index is 12.6. The average molecular weight is 747 g/mol. The Morgan fingerprint density at radius 1 is 0.588 bits per heavy atom. The van der Waals surface area contributed by atoms with E-state index in [4.69, 9.17) is 19.1 Å². The number of ether oxygens (including phenoxy) is 2. The van der Waals surface area contributed by atoms with Crippen LogP contribution in [0.5, 0.6) is 0 Å². The molecule has 0 radical (unpaired) electrons. The highest BCUT2D eigenvalue weighted by Crippen LogP contribution is 2.43. The van der Waals surface area contributed by atoms with E-state index in [2.05, 4.69) is 42.7 Å². The first kappa shape index (κ1) is 49.5. The van der Waals surface area contributed by atoms with Crippen LogP contribution in [0.3, 0.4) is 0 Å². The molecule has 0 bridgehead atoms. The monoisotopic (exact) mass is 747 g/mol. The molecular weight excluding hydrogens is 671 g/mol. The number of aliphatic hydroxyl groups excluding tert-OH is 2. The number of aliphatic hydroxyl groups is 2. The van der Waals surface area contributed by atoms with Gasteiger partial charge in [-0.05, 0) is 44.9 Å². The van der Waals surface area contributed by atoms with Crippen LogP contribution in [-0.2, 0) is 32.7 Å². The van der Waals surface area contributed by atoms with Crippen molar-refractivity contribution in [2.24, 2.45) is 0 Å². The number of carbonyl (C=O) groups is 2. The number of allylic oxidation sites excluding steroid dienone is 4. The summed E-state index contributed by atoms with van der Waals surface area (Å²) in [4.78, 5) is 34.8. The molecule has 0 aliphatic heterocycles. The maximum Gasteiger partial charge on any atom is 0.472 e. The van der Waals surface area contributed by atoms with E-state index in [1.165, 1.54) is 83.5 Å². The molecule has 3 N–H and O–H groups in total. The summed E-state index contributed by atoms with van der Waals surface area (Å²) in [5, 5.41) is 18.3. The number of hydrogen-bond donors (Lipinski definition) is 3. The van der Waals surface area contributed by atoms with Crippen LogP contribution >= 0.6 is 7.82 Å². The smallest absolute Gasteiger partial charge is 0.462 e. The number of unbranched alkanes of at least 4 members (excludes halogenated alkanes) is 20. The second-order valence-corrected chi connectivity index (χ2v) is 15.1. The van der Waals surface area contributed by atoms with E-state index in [0.717, 1.165) is 57.8 Å². The van der Waals surface area contributed by atoms with Crippen LogP contribution in [0.25, 0.3) is 0 Å². The number of esters is 2. The Balaban J connectivity index is 4.32. The van der Waals surface area contributed by atoms with Gasteiger partial charge in [0.1, 0.15) is 12.7 Å². The van der Waals surface area contributed by atoms with E-state index >= 15 is 0 Å². The van der Waals surface area contributed by atoms with Crippen molar-refractivity contribution in [1.82, 2.24) is 0 Å². The lowest BCUT2D eigenvalue weighted by molar-refractivity contribution is -0.161. The molecule has 0 spiro atoms. The molecule has 0 amide bonds. The third-order valence-corrected chi connectivity index (χ3v) is 9.56. The van der Waals surface area contributed by atoms with Crippen molar-refractivity contribution in [3.63, 3.8) is 0 Å². The first-order chi connectivity index (χ1) is 24.7. The van der Waals surface area contributed by atoms with Gasteiger partial charge < -0.3 is 24.6 Å². The molecule has 0 rings (SSSR count). The van der Waals surface area contributed by atoms with Crippen molar-refractivity contribution in [2.45, 2.75) is 193 Å². The number of phosphoric acid groups is 1. The van der Waals surface area contributed by atoms with Gasteiger partial charge >= 0.3 is 19.8 Å². The molecule has 0 aromatic heterocycles.